The van der Waals surface area contributed by atoms with Crippen molar-refractivity contribution in [1.82, 2.24) is 15.6 Å². The molecule has 27 heavy (non-hydrogen) atoms. The van der Waals surface area contributed by atoms with E-state index < -0.39 is 41.4 Å². The molecule has 0 aliphatic rings. The Balaban J connectivity index is 2.34. The highest BCUT2D eigenvalue weighted by atomic mass is 19.4. The number of hydrogen-bond acceptors (Lipinski definition) is 3. The van der Waals surface area contributed by atoms with Crippen molar-refractivity contribution in [2.24, 2.45) is 0 Å². The third-order valence-corrected chi connectivity index (χ3v) is 3.68. The van der Waals surface area contributed by atoms with Crippen LogP contribution in [0.25, 0.3) is 0 Å². The number of halogens is 5. The zero-order chi connectivity index (χ0) is 20.4. The Morgan fingerprint density at radius 3 is 2.26 bits per heavy atom. The first-order valence-corrected chi connectivity index (χ1v) is 7.57. The largest absolute Gasteiger partial charge is 0.433 e. The second-order valence-corrected chi connectivity index (χ2v) is 5.52. The normalized spacial score (nSPS) is 12.4. The number of pyridine rings is 1. The average molecular weight is 387 g/mol. The van der Waals surface area contributed by atoms with Crippen LogP contribution in [-0.4, -0.2) is 23.8 Å². The zero-order valence-electron chi connectivity index (χ0n) is 14.1. The summed E-state index contributed by atoms with van der Waals surface area (Å²) < 4.78 is 64.6. The van der Waals surface area contributed by atoms with Crippen LogP contribution < -0.4 is 10.6 Å². The van der Waals surface area contributed by atoms with E-state index in [1.54, 1.807) is 0 Å². The maximum absolute atomic E-state index is 13.5. The molecule has 1 aromatic heterocycles. The Labute approximate surface area is 150 Å². The summed E-state index contributed by atoms with van der Waals surface area (Å²) in [6.07, 6.45) is -4.67. The van der Waals surface area contributed by atoms with Crippen molar-refractivity contribution >= 4 is 11.8 Å². The summed E-state index contributed by atoms with van der Waals surface area (Å²) in [7, 11) is 1.27. The molecule has 0 aliphatic carbocycles. The van der Waals surface area contributed by atoms with E-state index in [4.69, 9.17) is 0 Å². The van der Waals surface area contributed by atoms with Gasteiger partial charge in [0.1, 0.15) is 11.7 Å². The lowest BCUT2D eigenvalue weighted by Gasteiger charge is -2.19. The van der Waals surface area contributed by atoms with Crippen LogP contribution in [-0.2, 0) is 11.0 Å². The van der Waals surface area contributed by atoms with E-state index in [2.05, 4.69) is 15.6 Å². The van der Waals surface area contributed by atoms with Crippen LogP contribution in [0, 0.1) is 18.6 Å². The van der Waals surface area contributed by atoms with E-state index in [1.165, 1.54) is 14.0 Å². The quantitative estimate of drug-likeness (QED) is 0.793. The minimum atomic E-state index is -4.67. The van der Waals surface area contributed by atoms with Gasteiger partial charge in [-0.1, -0.05) is 6.07 Å². The summed E-state index contributed by atoms with van der Waals surface area (Å²) in [6.45, 7) is 1.20. The average Bonchev–Trinajstić information content (AvgIpc) is 2.60. The molecule has 2 rings (SSSR count). The summed E-state index contributed by atoms with van der Waals surface area (Å²) in [4.78, 5) is 27.8. The van der Waals surface area contributed by atoms with Crippen molar-refractivity contribution in [1.29, 1.82) is 0 Å². The fourth-order valence-corrected chi connectivity index (χ4v) is 2.30. The van der Waals surface area contributed by atoms with Gasteiger partial charge in [0.05, 0.1) is 11.3 Å². The van der Waals surface area contributed by atoms with Crippen LogP contribution in [0.2, 0.25) is 0 Å². The number of nitrogens with zero attached hydrogens (tertiary/aromatic N) is 1. The molecule has 0 saturated carbocycles. The Hall–Kier alpha value is -3.04. The lowest BCUT2D eigenvalue weighted by atomic mass is 10.0. The fourth-order valence-electron chi connectivity index (χ4n) is 2.30. The number of nitrogens with one attached hydrogen (secondary N) is 2. The molecule has 5 nitrogen and oxygen atoms in total. The van der Waals surface area contributed by atoms with Gasteiger partial charge in [0, 0.05) is 7.05 Å². The van der Waals surface area contributed by atoms with Crippen LogP contribution in [0.1, 0.15) is 33.4 Å². The van der Waals surface area contributed by atoms with Crippen LogP contribution in [0.15, 0.2) is 30.3 Å². The monoisotopic (exact) mass is 387 g/mol. The first-order chi connectivity index (χ1) is 12.5. The molecule has 1 atom stereocenters. The number of carbonyl (C=O) groups excluding carboxylic acids is 2. The molecule has 1 heterocycles. The minimum absolute atomic E-state index is 0.0425. The number of carbonyl (C=O) groups is 2. The van der Waals surface area contributed by atoms with Gasteiger partial charge in [0.15, 0.2) is 11.6 Å². The van der Waals surface area contributed by atoms with Gasteiger partial charge in [-0.15, -0.1) is 0 Å². The van der Waals surface area contributed by atoms with Crippen molar-refractivity contribution in [3.63, 3.8) is 0 Å². The zero-order valence-corrected chi connectivity index (χ0v) is 14.1. The molecule has 0 bridgehead atoms. The highest BCUT2D eigenvalue weighted by Gasteiger charge is 2.33. The van der Waals surface area contributed by atoms with Crippen molar-refractivity contribution < 1.29 is 31.5 Å². The summed E-state index contributed by atoms with van der Waals surface area (Å²) in [5.74, 6) is -3.98. The Kier molecular flexibility index (Phi) is 5.77. The molecule has 10 heteroatoms. The molecule has 0 radical (unpaired) electrons. The number of likely N-dealkylation sites (N-methyl/N-ethyl adjacent to an activating group) is 1. The van der Waals surface area contributed by atoms with Gasteiger partial charge >= 0.3 is 6.18 Å². The SMILES string of the molecule is CNC(=O)C(NC(=O)c1ccc(C(F)(F)F)nc1C)c1ccc(F)c(F)c1. The van der Waals surface area contributed by atoms with Gasteiger partial charge in [-0.25, -0.2) is 13.8 Å². The minimum Gasteiger partial charge on any atom is -0.357 e. The molecule has 0 spiro atoms. The number of rotatable bonds is 4. The molecule has 144 valence electrons. The van der Waals surface area contributed by atoms with E-state index >= 15 is 0 Å². The lowest BCUT2D eigenvalue weighted by molar-refractivity contribution is -0.141. The fraction of sp³-hybridized carbons (Fsp3) is 0.235. The molecular formula is C17H14F5N3O2. The molecule has 2 amide bonds. The maximum atomic E-state index is 13.5. The Morgan fingerprint density at radius 1 is 1.07 bits per heavy atom. The third-order valence-electron chi connectivity index (χ3n) is 3.68. The van der Waals surface area contributed by atoms with Gasteiger partial charge in [0.25, 0.3) is 5.91 Å². The number of benzene rings is 1. The molecule has 1 unspecified atom stereocenters. The second-order valence-electron chi connectivity index (χ2n) is 5.52. The van der Waals surface area contributed by atoms with Crippen LogP contribution in [0.4, 0.5) is 22.0 Å². The number of amides is 2. The van der Waals surface area contributed by atoms with Crippen molar-refractivity contribution in [2.75, 3.05) is 7.05 Å². The third kappa shape index (κ3) is 4.57. The van der Waals surface area contributed by atoms with Crippen molar-refractivity contribution in [3.8, 4) is 0 Å². The summed E-state index contributed by atoms with van der Waals surface area (Å²) in [5, 5.41) is 4.55. The number of hydrogen-bond donors (Lipinski definition) is 2. The van der Waals surface area contributed by atoms with E-state index in [-0.39, 0.29) is 16.8 Å². The van der Waals surface area contributed by atoms with Gasteiger partial charge in [0.2, 0.25) is 5.91 Å². The van der Waals surface area contributed by atoms with Crippen molar-refractivity contribution in [2.45, 2.75) is 19.1 Å². The van der Waals surface area contributed by atoms with E-state index in [9.17, 15) is 31.5 Å². The van der Waals surface area contributed by atoms with Gasteiger partial charge < -0.3 is 10.6 Å². The van der Waals surface area contributed by atoms with Gasteiger partial charge in [-0.3, -0.25) is 9.59 Å². The van der Waals surface area contributed by atoms with Gasteiger partial charge in [-0.2, -0.15) is 13.2 Å². The lowest BCUT2D eigenvalue weighted by Crippen LogP contribution is -2.39. The predicted octanol–water partition coefficient (Wildman–Crippen LogP) is 2.90. The standard InChI is InChI=1S/C17H14F5N3O2/c1-8-10(4-6-13(24-8)17(20,21)22)15(26)25-14(16(27)23-2)9-3-5-11(18)12(19)7-9/h3-7,14H,1-2H3,(H,23,27)(H,25,26). The molecule has 0 saturated heterocycles. The Bertz CT molecular complexity index is 883. The summed E-state index contributed by atoms with van der Waals surface area (Å²) >= 11 is 0. The number of aromatic nitrogens is 1. The second kappa shape index (κ2) is 7.68. The summed E-state index contributed by atoms with van der Waals surface area (Å²) in [5.41, 5.74) is -1.61. The molecule has 0 fully saturated rings. The van der Waals surface area contributed by atoms with Crippen LogP contribution in [0.3, 0.4) is 0 Å². The van der Waals surface area contributed by atoms with Crippen molar-refractivity contribution in [3.05, 3.63) is 64.5 Å². The van der Waals surface area contributed by atoms with E-state index in [0.717, 1.165) is 24.3 Å². The topological polar surface area (TPSA) is 71.1 Å². The predicted molar refractivity (Wildman–Crippen MR) is 84.6 cm³/mol. The molecule has 0 aliphatic heterocycles. The van der Waals surface area contributed by atoms with Gasteiger partial charge in [-0.05, 0) is 36.8 Å². The van der Waals surface area contributed by atoms with E-state index in [1.807, 2.05) is 0 Å². The molecule has 1 aromatic carbocycles. The van der Waals surface area contributed by atoms with Crippen LogP contribution in [0.5, 0.6) is 0 Å². The first kappa shape index (κ1) is 20.3. The van der Waals surface area contributed by atoms with E-state index in [0.29, 0.717) is 6.07 Å². The summed E-state index contributed by atoms with van der Waals surface area (Å²) in [6, 6.07) is 2.81. The molecule has 2 aromatic rings. The maximum Gasteiger partial charge on any atom is 0.433 e. The number of alkyl halides is 3. The Morgan fingerprint density at radius 2 is 1.74 bits per heavy atom. The highest BCUT2D eigenvalue weighted by molar-refractivity contribution is 5.98. The first-order valence-electron chi connectivity index (χ1n) is 7.57. The molecular weight excluding hydrogens is 373 g/mol. The smallest absolute Gasteiger partial charge is 0.357 e. The number of aryl methyl sites for hydroxylation is 1. The van der Waals surface area contributed by atoms with Crippen LogP contribution >= 0.6 is 0 Å². The molecule has 2 N–H and O–H groups in total. The highest BCUT2D eigenvalue weighted by Crippen LogP contribution is 2.28.